The SMILES string of the molecule is CC(F)(F)C(=O)CP. The van der Waals surface area contributed by atoms with Crippen molar-refractivity contribution in [2.45, 2.75) is 12.8 Å². The van der Waals surface area contributed by atoms with Gasteiger partial charge in [-0.15, -0.1) is 9.24 Å². The summed E-state index contributed by atoms with van der Waals surface area (Å²) in [6.07, 6.45) is -0.177. The van der Waals surface area contributed by atoms with Crippen molar-refractivity contribution in [2.24, 2.45) is 0 Å². The quantitative estimate of drug-likeness (QED) is 0.524. The van der Waals surface area contributed by atoms with Crippen LogP contribution in [0.2, 0.25) is 0 Å². The van der Waals surface area contributed by atoms with Crippen LogP contribution in [0.15, 0.2) is 0 Å². The fourth-order valence-corrected chi connectivity index (χ4v) is 0.538. The lowest BCUT2D eigenvalue weighted by atomic mass is 10.3. The minimum Gasteiger partial charge on any atom is -0.293 e. The molecule has 0 rings (SSSR count). The van der Waals surface area contributed by atoms with Crippen LogP contribution in [-0.4, -0.2) is 17.9 Å². The predicted octanol–water partition coefficient (Wildman–Crippen LogP) is 1.09. The summed E-state index contributed by atoms with van der Waals surface area (Å²) in [5, 5.41) is 0. The smallest absolute Gasteiger partial charge is 0.293 e. The zero-order chi connectivity index (χ0) is 6.78. The van der Waals surface area contributed by atoms with E-state index < -0.39 is 11.7 Å². The normalized spacial score (nSPS) is 11.5. The molecule has 0 aliphatic rings. The lowest BCUT2D eigenvalue weighted by Gasteiger charge is -2.04. The van der Waals surface area contributed by atoms with Crippen molar-refractivity contribution in [3.05, 3.63) is 0 Å². The van der Waals surface area contributed by atoms with Gasteiger partial charge in [0.2, 0.25) is 5.78 Å². The molecule has 0 saturated heterocycles. The van der Waals surface area contributed by atoms with Crippen LogP contribution in [0, 0.1) is 0 Å². The molecule has 0 aromatic rings. The van der Waals surface area contributed by atoms with Crippen molar-refractivity contribution in [3.63, 3.8) is 0 Å². The lowest BCUT2D eigenvalue weighted by Crippen LogP contribution is -2.24. The monoisotopic (exact) mass is 140 g/mol. The molecule has 0 aliphatic carbocycles. The number of halogens is 2. The van der Waals surface area contributed by atoms with E-state index in [4.69, 9.17) is 0 Å². The maximum atomic E-state index is 11.8. The van der Waals surface area contributed by atoms with Crippen molar-refractivity contribution in [1.29, 1.82) is 0 Å². The Kier molecular flexibility index (Phi) is 2.48. The highest BCUT2D eigenvalue weighted by Gasteiger charge is 2.29. The largest absolute Gasteiger partial charge is 0.302 e. The van der Waals surface area contributed by atoms with Gasteiger partial charge in [0.05, 0.1) is 0 Å². The summed E-state index contributed by atoms with van der Waals surface area (Å²) in [5.41, 5.74) is 0. The molecule has 1 atom stereocenters. The summed E-state index contributed by atoms with van der Waals surface area (Å²) < 4.78 is 23.5. The summed E-state index contributed by atoms with van der Waals surface area (Å²) >= 11 is 0. The van der Waals surface area contributed by atoms with Gasteiger partial charge in [0, 0.05) is 13.1 Å². The van der Waals surface area contributed by atoms with Crippen LogP contribution in [0.5, 0.6) is 0 Å². The van der Waals surface area contributed by atoms with Gasteiger partial charge < -0.3 is 0 Å². The molecule has 1 unspecified atom stereocenters. The van der Waals surface area contributed by atoms with Gasteiger partial charge in [-0.1, -0.05) is 0 Å². The third kappa shape index (κ3) is 2.31. The van der Waals surface area contributed by atoms with E-state index in [0.717, 1.165) is 0 Å². The van der Waals surface area contributed by atoms with E-state index in [2.05, 4.69) is 0 Å². The Morgan fingerprint density at radius 3 is 2.12 bits per heavy atom. The second-order valence-electron chi connectivity index (χ2n) is 1.52. The molecular formula is C4H7F2OP. The fourth-order valence-electron chi connectivity index (χ4n) is 0.179. The van der Waals surface area contributed by atoms with Gasteiger partial charge in [0.25, 0.3) is 0 Å². The van der Waals surface area contributed by atoms with Gasteiger partial charge in [0.15, 0.2) is 0 Å². The maximum absolute atomic E-state index is 11.8. The maximum Gasteiger partial charge on any atom is 0.302 e. The average molecular weight is 140 g/mol. The topological polar surface area (TPSA) is 17.1 Å². The van der Waals surface area contributed by atoms with Crippen molar-refractivity contribution >= 4 is 15.0 Å². The minimum atomic E-state index is -3.15. The zero-order valence-corrected chi connectivity index (χ0v) is 5.60. The van der Waals surface area contributed by atoms with Crippen LogP contribution in [0.1, 0.15) is 6.92 Å². The highest BCUT2D eigenvalue weighted by Crippen LogP contribution is 2.13. The Hall–Kier alpha value is -0.0400. The van der Waals surface area contributed by atoms with Crippen LogP contribution in [0.3, 0.4) is 0 Å². The van der Waals surface area contributed by atoms with E-state index in [-0.39, 0.29) is 6.16 Å². The first kappa shape index (κ1) is 7.96. The molecule has 8 heavy (non-hydrogen) atoms. The van der Waals surface area contributed by atoms with Gasteiger partial charge in [-0.25, -0.2) is 0 Å². The molecular weight excluding hydrogens is 133 g/mol. The first-order valence-electron chi connectivity index (χ1n) is 2.09. The molecule has 0 amide bonds. The van der Waals surface area contributed by atoms with Gasteiger partial charge in [-0.05, 0) is 0 Å². The molecule has 0 aromatic heterocycles. The van der Waals surface area contributed by atoms with Crippen LogP contribution in [0.25, 0.3) is 0 Å². The van der Waals surface area contributed by atoms with E-state index in [1.54, 1.807) is 0 Å². The number of hydrogen-bond donors (Lipinski definition) is 0. The molecule has 48 valence electrons. The number of alkyl halides is 2. The number of carbonyl (C=O) groups excluding carboxylic acids is 1. The van der Waals surface area contributed by atoms with E-state index in [0.29, 0.717) is 6.92 Å². The number of hydrogen-bond acceptors (Lipinski definition) is 1. The third-order valence-electron chi connectivity index (χ3n) is 0.675. The first-order valence-corrected chi connectivity index (χ1v) is 2.91. The van der Waals surface area contributed by atoms with E-state index in [1.807, 2.05) is 9.24 Å². The van der Waals surface area contributed by atoms with Crippen LogP contribution < -0.4 is 0 Å². The Morgan fingerprint density at radius 2 is 2.12 bits per heavy atom. The standard InChI is InChI=1S/C4H7F2OP/c1-4(5,6)3(7)2-8/h2,8H2,1H3. The van der Waals surface area contributed by atoms with Crippen molar-refractivity contribution < 1.29 is 13.6 Å². The Labute approximate surface area is 48.7 Å². The summed E-state index contributed by atoms with van der Waals surface area (Å²) in [7, 11) is 1.95. The van der Waals surface area contributed by atoms with E-state index in [9.17, 15) is 13.6 Å². The molecule has 0 bridgehead atoms. The number of ketones is 1. The third-order valence-corrected chi connectivity index (χ3v) is 1.05. The van der Waals surface area contributed by atoms with Gasteiger partial charge in [-0.3, -0.25) is 4.79 Å². The van der Waals surface area contributed by atoms with Crippen LogP contribution in [0.4, 0.5) is 8.78 Å². The second-order valence-corrected chi connectivity index (χ2v) is 1.92. The summed E-state index contributed by atoms with van der Waals surface area (Å²) in [6.45, 7) is 0.597. The minimum absolute atomic E-state index is 0.177. The number of rotatable bonds is 2. The molecule has 0 N–H and O–H groups in total. The molecule has 0 fully saturated rings. The molecule has 0 aliphatic heterocycles. The van der Waals surface area contributed by atoms with Gasteiger partial charge in [0.1, 0.15) is 0 Å². The molecule has 1 nitrogen and oxygen atoms in total. The van der Waals surface area contributed by atoms with Crippen molar-refractivity contribution in [3.8, 4) is 0 Å². The zero-order valence-electron chi connectivity index (χ0n) is 4.45. The molecule has 0 aromatic carbocycles. The summed E-state index contributed by atoms with van der Waals surface area (Å²) in [6, 6.07) is 0. The summed E-state index contributed by atoms with van der Waals surface area (Å²) in [5.74, 6) is -4.19. The predicted molar refractivity (Wildman–Crippen MR) is 30.2 cm³/mol. The summed E-state index contributed by atoms with van der Waals surface area (Å²) in [4.78, 5) is 10.1. The van der Waals surface area contributed by atoms with Crippen molar-refractivity contribution in [1.82, 2.24) is 0 Å². The Morgan fingerprint density at radius 1 is 1.75 bits per heavy atom. The molecule has 4 heteroatoms. The molecule has 0 saturated carbocycles. The number of Topliss-reactive ketones (excluding diaryl/α,β-unsaturated/α-hetero) is 1. The lowest BCUT2D eigenvalue weighted by molar-refractivity contribution is -0.137. The van der Waals surface area contributed by atoms with Crippen LogP contribution >= 0.6 is 9.24 Å². The van der Waals surface area contributed by atoms with Gasteiger partial charge >= 0.3 is 5.92 Å². The Bertz CT molecular complexity index is 96.7. The second kappa shape index (κ2) is 2.49. The fraction of sp³-hybridized carbons (Fsp3) is 0.750. The van der Waals surface area contributed by atoms with Crippen LogP contribution in [-0.2, 0) is 4.79 Å². The molecule has 0 radical (unpaired) electrons. The number of carbonyl (C=O) groups is 1. The van der Waals surface area contributed by atoms with Gasteiger partial charge in [-0.2, -0.15) is 8.78 Å². The molecule has 0 heterocycles. The van der Waals surface area contributed by atoms with Crippen molar-refractivity contribution in [2.75, 3.05) is 6.16 Å². The van der Waals surface area contributed by atoms with E-state index in [1.165, 1.54) is 0 Å². The van der Waals surface area contributed by atoms with E-state index >= 15 is 0 Å². The molecule has 0 spiro atoms. The first-order chi connectivity index (χ1) is 3.48. The highest BCUT2D eigenvalue weighted by atomic mass is 31.0. The average Bonchev–Trinajstić information content (AvgIpc) is 1.62. The Balaban J connectivity index is 3.82. The highest BCUT2D eigenvalue weighted by molar-refractivity contribution is 7.18.